The third-order valence-corrected chi connectivity index (χ3v) is 4.46. The Morgan fingerprint density at radius 2 is 2.17 bits per heavy atom. The Kier molecular flexibility index (Phi) is 3.44. The second-order valence-electron chi connectivity index (χ2n) is 5.91. The Morgan fingerprint density at radius 1 is 1.26 bits per heavy atom. The maximum atomic E-state index is 13.8. The van der Waals surface area contributed by atoms with Crippen LogP contribution in [0.2, 0.25) is 0 Å². The second-order valence-corrected chi connectivity index (χ2v) is 5.91. The van der Waals surface area contributed by atoms with Gasteiger partial charge in [-0.25, -0.2) is 14.4 Å². The Morgan fingerprint density at radius 3 is 2.96 bits per heavy atom. The largest absolute Gasteiger partial charge is 0.352 e. The van der Waals surface area contributed by atoms with Crippen LogP contribution in [-0.4, -0.2) is 45.3 Å². The molecule has 2 aliphatic rings. The number of halogens is 1. The summed E-state index contributed by atoms with van der Waals surface area (Å²) in [5, 5.41) is 4.40. The van der Waals surface area contributed by atoms with Crippen molar-refractivity contribution in [3.63, 3.8) is 0 Å². The van der Waals surface area contributed by atoms with Crippen LogP contribution >= 0.6 is 0 Å². The Labute approximate surface area is 132 Å². The van der Waals surface area contributed by atoms with Gasteiger partial charge >= 0.3 is 0 Å². The summed E-state index contributed by atoms with van der Waals surface area (Å²) < 4.78 is 15.7. The average Bonchev–Trinajstić information content (AvgIpc) is 3.26. The maximum absolute atomic E-state index is 13.8. The first-order valence-corrected chi connectivity index (χ1v) is 7.77. The van der Waals surface area contributed by atoms with E-state index in [0.29, 0.717) is 18.8 Å². The highest BCUT2D eigenvalue weighted by molar-refractivity contribution is 5.95. The summed E-state index contributed by atoms with van der Waals surface area (Å²) in [6.45, 7) is 2.12. The lowest BCUT2D eigenvalue weighted by Crippen LogP contribution is -2.24. The van der Waals surface area contributed by atoms with Gasteiger partial charge in [-0.3, -0.25) is 9.48 Å². The van der Waals surface area contributed by atoms with Gasteiger partial charge < -0.3 is 9.80 Å². The molecule has 120 valence electrons. The molecular formula is C15H17FN6O. The zero-order chi connectivity index (χ0) is 15.8. The van der Waals surface area contributed by atoms with Crippen LogP contribution in [0.4, 0.5) is 15.9 Å². The van der Waals surface area contributed by atoms with Gasteiger partial charge in [0.25, 0.3) is 0 Å². The molecule has 8 heteroatoms. The van der Waals surface area contributed by atoms with E-state index >= 15 is 0 Å². The van der Waals surface area contributed by atoms with E-state index in [1.54, 1.807) is 11.1 Å². The number of hydrogen-bond acceptors (Lipinski definition) is 5. The number of aromatic nitrogens is 4. The maximum Gasteiger partial charge on any atom is 0.227 e. The summed E-state index contributed by atoms with van der Waals surface area (Å²) in [4.78, 5) is 23.2. The highest BCUT2D eigenvalue weighted by Crippen LogP contribution is 2.28. The van der Waals surface area contributed by atoms with E-state index in [0.717, 1.165) is 31.6 Å². The highest BCUT2D eigenvalue weighted by Gasteiger charge is 2.29. The van der Waals surface area contributed by atoms with Gasteiger partial charge in [-0.05, 0) is 12.8 Å². The number of rotatable bonds is 3. The lowest BCUT2D eigenvalue weighted by Gasteiger charge is -2.17. The van der Waals surface area contributed by atoms with Crippen molar-refractivity contribution < 1.29 is 9.18 Å². The van der Waals surface area contributed by atoms with Gasteiger partial charge in [0.2, 0.25) is 5.91 Å². The molecule has 0 radical (unpaired) electrons. The number of amides is 1. The lowest BCUT2D eigenvalue weighted by molar-refractivity contribution is -0.117. The van der Waals surface area contributed by atoms with Crippen molar-refractivity contribution in [2.45, 2.75) is 25.3 Å². The molecule has 0 aliphatic carbocycles. The van der Waals surface area contributed by atoms with Crippen molar-refractivity contribution in [2.24, 2.45) is 0 Å². The monoisotopic (exact) mass is 316 g/mol. The summed E-state index contributed by atoms with van der Waals surface area (Å²) in [6, 6.07) is 0.149. The molecule has 2 aromatic rings. The summed E-state index contributed by atoms with van der Waals surface area (Å²) in [5.74, 6) is 0.0854. The molecule has 0 N–H and O–H groups in total. The molecule has 1 amide bonds. The van der Waals surface area contributed by atoms with Crippen molar-refractivity contribution >= 4 is 17.4 Å². The molecule has 2 saturated heterocycles. The van der Waals surface area contributed by atoms with Crippen molar-refractivity contribution in [2.75, 3.05) is 29.4 Å². The van der Waals surface area contributed by atoms with Crippen LogP contribution < -0.4 is 9.80 Å². The van der Waals surface area contributed by atoms with Crippen LogP contribution in [0.1, 0.15) is 25.3 Å². The minimum Gasteiger partial charge on any atom is -0.352 e. The topological polar surface area (TPSA) is 67.2 Å². The predicted octanol–water partition coefficient (Wildman–Crippen LogP) is 1.39. The minimum atomic E-state index is -0.406. The number of anilines is 2. The first-order chi connectivity index (χ1) is 11.2. The van der Waals surface area contributed by atoms with Crippen molar-refractivity contribution in [3.8, 4) is 0 Å². The fourth-order valence-electron chi connectivity index (χ4n) is 3.28. The number of carbonyl (C=O) groups is 1. The summed E-state index contributed by atoms with van der Waals surface area (Å²) >= 11 is 0. The van der Waals surface area contributed by atoms with Crippen molar-refractivity contribution in [1.29, 1.82) is 0 Å². The van der Waals surface area contributed by atoms with Crippen LogP contribution in [-0.2, 0) is 4.79 Å². The van der Waals surface area contributed by atoms with E-state index in [9.17, 15) is 9.18 Å². The van der Waals surface area contributed by atoms with E-state index in [-0.39, 0.29) is 11.9 Å². The van der Waals surface area contributed by atoms with Gasteiger partial charge in [0.15, 0.2) is 11.6 Å². The molecule has 2 fully saturated rings. The minimum absolute atomic E-state index is 0.149. The van der Waals surface area contributed by atoms with Crippen LogP contribution in [0.25, 0.3) is 0 Å². The van der Waals surface area contributed by atoms with E-state index < -0.39 is 5.82 Å². The SMILES string of the molecule is O=C1CCCN1c1cnn(C2CCN(c3ncncc3F)C2)c1. The summed E-state index contributed by atoms with van der Waals surface area (Å²) in [5.41, 5.74) is 0.846. The second kappa shape index (κ2) is 5.60. The molecule has 4 heterocycles. The Bertz CT molecular complexity index is 732. The first kappa shape index (κ1) is 14.1. The van der Waals surface area contributed by atoms with Crippen molar-refractivity contribution in [3.05, 3.63) is 30.7 Å². The number of nitrogens with zero attached hydrogens (tertiary/aromatic N) is 6. The van der Waals surface area contributed by atoms with E-state index in [1.807, 2.05) is 15.8 Å². The Balaban J connectivity index is 1.49. The molecule has 1 unspecified atom stereocenters. The molecule has 2 aliphatic heterocycles. The fourth-order valence-corrected chi connectivity index (χ4v) is 3.28. The molecule has 23 heavy (non-hydrogen) atoms. The van der Waals surface area contributed by atoms with E-state index in [4.69, 9.17) is 0 Å². The summed E-state index contributed by atoms with van der Waals surface area (Å²) in [6.07, 6.45) is 8.55. The molecular weight excluding hydrogens is 299 g/mol. The van der Waals surface area contributed by atoms with Crippen LogP contribution in [0.3, 0.4) is 0 Å². The fraction of sp³-hybridized carbons (Fsp3) is 0.467. The van der Waals surface area contributed by atoms with Crippen molar-refractivity contribution in [1.82, 2.24) is 19.7 Å². The van der Waals surface area contributed by atoms with Gasteiger partial charge in [0, 0.05) is 32.3 Å². The molecule has 0 spiro atoms. The van der Waals surface area contributed by atoms with E-state index in [2.05, 4.69) is 15.1 Å². The van der Waals surface area contributed by atoms with Gasteiger partial charge in [-0.1, -0.05) is 0 Å². The highest BCUT2D eigenvalue weighted by atomic mass is 19.1. The number of hydrogen-bond donors (Lipinski definition) is 0. The molecule has 1 atom stereocenters. The zero-order valence-electron chi connectivity index (χ0n) is 12.6. The third kappa shape index (κ3) is 2.54. The molecule has 4 rings (SSSR count). The standard InChI is InChI=1S/C15H17FN6O/c16-13-7-17-10-18-15(13)20-5-3-11(8-20)22-9-12(6-19-22)21-4-1-2-14(21)23/h6-7,9-11H,1-5,8H2. The zero-order valence-corrected chi connectivity index (χ0v) is 12.6. The van der Waals surface area contributed by atoms with Crippen LogP contribution in [0.5, 0.6) is 0 Å². The smallest absolute Gasteiger partial charge is 0.227 e. The number of carbonyl (C=O) groups excluding carboxylic acids is 1. The lowest BCUT2D eigenvalue weighted by atomic mass is 10.3. The molecule has 0 aromatic carbocycles. The van der Waals surface area contributed by atoms with Gasteiger partial charge in [0.05, 0.1) is 24.1 Å². The van der Waals surface area contributed by atoms with Crippen LogP contribution in [0.15, 0.2) is 24.9 Å². The summed E-state index contributed by atoms with van der Waals surface area (Å²) in [7, 11) is 0. The quantitative estimate of drug-likeness (QED) is 0.856. The van der Waals surface area contributed by atoms with Crippen LogP contribution in [0, 0.1) is 5.82 Å². The predicted molar refractivity (Wildman–Crippen MR) is 81.7 cm³/mol. The van der Waals surface area contributed by atoms with Gasteiger partial charge in [-0.15, -0.1) is 0 Å². The van der Waals surface area contributed by atoms with E-state index in [1.165, 1.54) is 12.5 Å². The third-order valence-electron chi connectivity index (χ3n) is 4.46. The molecule has 2 aromatic heterocycles. The Hall–Kier alpha value is -2.51. The average molecular weight is 316 g/mol. The normalized spacial score (nSPS) is 21.4. The first-order valence-electron chi connectivity index (χ1n) is 7.77. The molecule has 0 saturated carbocycles. The van der Waals surface area contributed by atoms with Gasteiger partial charge in [0.1, 0.15) is 6.33 Å². The molecule has 7 nitrogen and oxygen atoms in total. The van der Waals surface area contributed by atoms with Gasteiger partial charge in [-0.2, -0.15) is 5.10 Å². The molecule has 0 bridgehead atoms.